The third-order valence-electron chi connectivity index (χ3n) is 13.4. The molecule has 4 fully saturated rings. The van der Waals surface area contributed by atoms with E-state index in [1.54, 1.807) is 11.0 Å². The topological polar surface area (TPSA) is 156 Å². The van der Waals surface area contributed by atoms with Crippen LogP contribution in [0.5, 0.6) is 11.5 Å². The molecule has 0 saturated carbocycles. The van der Waals surface area contributed by atoms with Crippen molar-refractivity contribution < 1.29 is 51.0 Å². The van der Waals surface area contributed by atoms with E-state index in [-0.39, 0.29) is 53.3 Å². The minimum absolute atomic E-state index is 0.138. The van der Waals surface area contributed by atoms with Crippen LogP contribution in [-0.4, -0.2) is 106 Å². The predicted molar refractivity (Wildman–Crippen MR) is 225 cm³/mol. The second-order valence-electron chi connectivity index (χ2n) is 17.8. The van der Waals surface area contributed by atoms with E-state index in [4.69, 9.17) is 21.7 Å². The Hall–Kier alpha value is -6.13. The number of alkyl halides is 3. The van der Waals surface area contributed by atoms with Gasteiger partial charge in [-0.25, -0.2) is 4.39 Å². The molecule has 64 heavy (non-hydrogen) atoms. The van der Waals surface area contributed by atoms with Gasteiger partial charge in [0.05, 0.1) is 28.4 Å². The Balaban J connectivity index is 0.782. The first-order valence-electron chi connectivity index (χ1n) is 21.1. The molecule has 5 amide bonds. The zero-order chi connectivity index (χ0) is 45.5. The molecule has 6 heterocycles. The van der Waals surface area contributed by atoms with E-state index in [1.165, 1.54) is 47.9 Å². The first kappa shape index (κ1) is 43.1. The van der Waals surface area contributed by atoms with Gasteiger partial charge in [0.1, 0.15) is 29.6 Å². The Morgan fingerprint density at radius 1 is 0.953 bits per heavy atom. The normalized spacial score (nSPS) is 22.3. The van der Waals surface area contributed by atoms with Gasteiger partial charge in [0.15, 0.2) is 16.6 Å². The summed E-state index contributed by atoms with van der Waals surface area (Å²) in [5, 5.41) is 11.4. The highest BCUT2D eigenvalue weighted by molar-refractivity contribution is 7.81. The van der Waals surface area contributed by atoms with E-state index >= 15 is 4.39 Å². The molecule has 0 radical (unpaired) electrons. The van der Waals surface area contributed by atoms with Crippen LogP contribution in [-0.2, 0) is 27.1 Å². The summed E-state index contributed by atoms with van der Waals surface area (Å²) >= 11 is 5.58. The van der Waals surface area contributed by atoms with E-state index in [2.05, 4.69) is 10.2 Å². The van der Waals surface area contributed by atoms with Gasteiger partial charge in [-0.05, 0) is 105 Å². The van der Waals surface area contributed by atoms with Crippen LogP contribution in [0.1, 0.15) is 89.8 Å². The van der Waals surface area contributed by atoms with Crippen molar-refractivity contribution in [1.82, 2.24) is 20.0 Å². The molecule has 19 heteroatoms. The number of ether oxygens (including phenoxy) is 2. The number of hydrogen-bond donors (Lipinski definition) is 1. The summed E-state index contributed by atoms with van der Waals surface area (Å²) in [5.74, 6) is -1.70. The minimum atomic E-state index is -4.86. The maximum Gasteiger partial charge on any atom is 0.417 e. The summed E-state index contributed by atoms with van der Waals surface area (Å²) in [6.45, 7) is 6.81. The first-order chi connectivity index (χ1) is 30.4. The number of nitrogens with one attached hydrogen (secondary N) is 1. The predicted octanol–water partition coefficient (Wildman–Crippen LogP) is 5.55. The van der Waals surface area contributed by atoms with Gasteiger partial charge < -0.3 is 29.1 Å². The average Bonchev–Trinajstić information content (AvgIpc) is 3.66. The Bertz CT molecular complexity index is 2560. The van der Waals surface area contributed by atoms with Crippen molar-refractivity contribution in [1.29, 1.82) is 5.26 Å². The summed E-state index contributed by atoms with van der Waals surface area (Å²) in [7, 11) is 0. The molecule has 1 spiro atoms. The van der Waals surface area contributed by atoms with Crippen LogP contribution in [0, 0.1) is 23.1 Å². The largest absolute Gasteiger partial charge is 0.485 e. The van der Waals surface area contributed by atoms with Gasteiger partial charge in [-0.2, -0.15) is 18.4 Å². The lowest BCUT2D eigenvalue weighted by molar-refractivity contribution is -0.138. The molecule has 3 aromatic rings. The molecular weight excluding hydrogens is 859 g/mol. The van der Waals surface area contributed by atoms with E-state index in [9.17, 15) is 42.4 Å². The molecule has 0 bridgehead atoms. The van der Waals surface area contributed by atoms with Gasteiger partial charge in [0, 0.05) is 69.8 Å². The Labute approximate surface area is 370 Å². The molecule has 4 saturated heterocycles. The second kappa shape index (κ2) is 15.8. The van der Waals surface area contributed by atoms with Crippen LogP contribution < -0.4 is 24.6 Å². The van der Waals surface area contributed by atoms with Gasteiger partial charge >= 0.3 is 6.18 Å². The number of rotatable bonds is 6. The van der Waals surface area contributed by atoms with Gasteiger partial charge in [-0.3, -0.25) is 34.2 Å². The van der Waals surface area contributed by atoms with Gasteiger partial charge in [0.25, 0.3) is 17.7 Å². The van der Waals surface area contributed by atoms with Crippen LogP contribution in [0.3, 0.4) is 0 Å². The Kier molecular flexibility index (Phi) is 10.7. The van der Waals surface area contributed by atoms with Crippen LogP contribution in [0.4, 0.5) is 28.9 Å². The first-order valence-corrected chi connectivity index (χ1v) is 21.5. The lowest BCUT2D eigenvalue weighted by Crippen LogP contribution is -2.54. The maximum atomic E-state index is 15.8. The zero-order valence-electron chi connectivity index (χ0n) is 34.9. The van der Waals surface area contributed by atoms with Crippen LogP contribution in [0.25, 0.3) is 0 Å². The highest BCUT2D eigenvalue weighted by Gasteiger charge is 2.51. The average molecular weight is 902 g/mol. The molecule has 1 N–H and O–H groups in total. The number of nitrogens with zero attached hydrogens (tertiary/aromatic N) is 6. The molecule has 14 nitrogen and oxygen atoms in total. The number of piperidine rings is 3. The van der Waals surface area contributed by atoms with Gasteiger partial charge in [-0.1, -0.05) is 0 Å². The third kappa shape index (κ3) is 7.49. The monoisotopic (exact) mass is 901 g/mol. The molecule has 3 aromatic carbocycles. The van der Waals surface area contributed by atoms with Crippen molar-refractivity contribution in [2.24, 2.45) is 5.92 Å². The SMILES string of the molecule is CC1(C)C(=O)N(c2ccc(C#N)c(C(F)(F)F)c2)C(=S)N1c1ccc(C(=O)N2CCC(CN3CCC4(CC3)COc3cc5c(cc3O4)CN(C3CCC(=O)NC3=O)C5=O)CC2)c(F)c1. The molecule has 334 valence electrons. The van der Waals surface area contributed by atoms with Crippen molar-refractivity contribution in [2.75, 3.05) is 49.1 Å². The van der Waals surface area contributed by atoms with Crippen molar-refractivity contribution in [3.8, 4) is 17.6 Å². The molecule has 6 aliphatic heterocycles. The fraction of sp³-hybridized carbons (Fsp3) is 0.444. The summed E-state index contributed by atoms with van der Waals surface area (Å²) in [6.07, 6.45) is -1.53. The van der Waals surface area contributed by atoms with Crippen LogP contribution in [0.2, 0.25) is 0 Å². The molecular formula is C45H43F4N7O7S. The van der Waals surface area contributed by atoms with Crippen molar-refractivity contribution >= 4 is 58.2 Å². The van der Waals surface area contributed by atoms with Gasteiger partial charge in [-0.15, -0.1) is 0 Å². The number of halogens is 4. The Morgan fingerprint density at radius 2 is 1.67 bits per heavy atom. The number of anilines is 2. The number of amides is 5. The number of likely N-dealkylation sites (tertiary alicyclic amines) is 2. The lowest BCUT2D eigenvalue weighted by Gasteiger charge is -2.45. The van der Waals surface area contributed by atoms with Crippen molar-refractivity contribution in [3.05, 3.63) is 82.2 Å². The second-order valence-corrected chi connectivity index (χ2v) is 18.2. The number of carbonyl (C=O) groups is 5. The zero-order valence-corrected chi connectivity index (χ0v) is 35.7. The van der Waals surface area contributed by atoms with E-state index in [1.807, 2.05) is 6.07 Å². The number of fused-ring (bicyclic) bond motifs is 2. The highest BCUT2D eigenvalue weighted by atomic mass is 32.1. The molecule has 1 unspecified atom stereocenters. The standard InChI is InChI=1S/C45H43F4N7O7S/c1-43(2)41(61)55(28-4-3-26(21-50)32(18-28)45(47,48)49)42(64)56(43)29-5-6-30(33(46)19-29)39(59)53-13-9-25(10-14-53)22-52-15-11-44(12-16-52)24-62-35-20-31-27(17-36(35)63-44)23-54(40(31)60)34-7-8-37(57)51-38(34)58/h3-6,17-20,25,34H,7-16,22-24H2,1-2H3,(H,51,57,58). The van der Waals surface area contributed by atoms with Crippen LogP contribution in [0.15, 0.2) is 48.5 Å². The molecule has 6 aliphatic rings. The summed E-state index contributed by atoms with van der Waals surface area (Å²) in [4.78, 5) is 72.5. The number of hydrogen-bond acceptors (Lipinski definition) is 10. The summed E-state index contributed by atoms with van der Waals surface area (Å²) in [5.41, 5.74) is -2.80. The summed E-state index contributed by atoms with van der Waals surface area (Å²) < 4.78 is 70.0. The number of benzene rings is 3. The number of nitriles is 1. The highest BCUT2D eigenvalue weighted by Crippen LogP contribution is 2.44. The molecule has 0 aromatic heterocycles. The molecule has 0 aliphatic carbocycles. The van der Waals surface area contributed by atoms with Crippen molar-refractivity contribution in [3.63, 3.8) is 0 Å². The number of thiocarbonyl (C=S) groups is 1. The lowest BCUT2D eigenvalue weighted by atomic mass is 9.89. The van der Waals surface area contributed by atoms with Crippen LogP contribution >= 0.6 is 12.2 Å². The minimum Gasteiger partial charge on any atom is -0.485 e. The number of imide groups is 1. The van der Waals surface area contributed by atoms with E-state index in [0.29, 0.717) is 48.7 Å². The van der Waals surface area contributed by atoms with Crippen molar-refractivity contribution in [2.45, 2.75) is 82.3 Å². The Morgan fingerprint density at radius 3 is 2.34 bits per heavy atom. The van der Waals surface area contributed by atoms with E-state index < -0.39 is 58.0 Å². The summed E-state index contributed by atoms with van der Waals surface area (Å²) in [6, 6.07) is 11.1. The maximum absolute atomic E-state index is 15.8. The smallest absolute Gasteiger partial charge is 0.417 e. The fourth-order valence-electron chi connectivity index (χ4n) is 9.76. The van der Waals surface area contributed by atoms with Gasteiger partial charge in [0.2, 0.25) is 11.8 Å². The quantitative estimate of drug-likeness (QED) is 0.188. The molecule has 1 atom stereocenters. The fourth-order valence-corrected chi connectivity index (χ4v) is 10.3. The van der Waals surface area contributed by atoms with E-state index in [0.717, 1.165) is 67.9 Å². The third-order valence-corrected chi connectivity index (χ3v) is 13.8. The molecule has 9 rings (SSSR count). The number of carbonyl (C=O) groups excluding carboxylic acids is 5.